The molecule has 1 aromatic carbocycles. The number of fused-ring (bicyclic) bond motifs is 1. The number of hydrogen-bond donors (Lipinski definition) is 0. The molecule has 1 aliphatic heterocycles. The van der Waals surface area contributed by atoms with Crippen LogP contribution in [0.2, 0.25) is 0 Å². The lowest BCUT2D eigenvalue weighted by Crippen LogP contribution is -2.36. The highest BCUT2D eigenvalue weighted by molar-refractivity contribution is 5.97. The molecule has 1 amide bonds. The Morgan fingerprint density at radius 1 is 1.20 bits per heavy atom. The Balaban J connectivity index is 1.68. The minimum absolute atomic E-state index is 0.203. The van der Waals surface area contributed by atoms with Crippen molar-refractivity contribution in [2.75, 3.05) is 13.7 Å². The zero-order valence-electron chi connectivity index (χ0n) is 16.7. The van der Waals surface area contributed by atoms with Gasteiger partial charge in [0.15, 0.2) is 23.2 Å². The van der Waals surface area contributed by atoms with Crippen LogP contribution >= 0.6 is 0 Å². The molecular formula is C21H19F3N4O2. The number of nitrogens with zero attached hydrogens (tertiary/aromatic N) is 4. The van der Waals surface area contributed by atoms with Crippen molar-refractivity contribution in [2.45, 2.75) is 19.9 Å². The van der Waals surface area contributed by atoms with Crippen LogP contribution < -0.4 is 4.74 Å². The molecule has 0 atom stereocenters. The number of carbonyl (C=O) groups is 1. The van der Waals surface area contributed by atoms with E-state index in [1.54, 1.807) is 31.1 Å². The molecule has 9 heteroatoms. The molecule has 0 radical (unpaired) electrons. The summed E-state index contributed by atoms with van der Waals surface area (Å²) in [5.41, 5.74) is 3.14. The van der Waals surface area contributed by atoms with Crippen LogP contribution in [0.15, 0.2) is 24.4 Å². The number of pyridine rings is 1. The molecule has 6 nitrogen and oxygen atoms in total. The van der Waals surface area contributed by atoms with Gasteiger partial charge in [-0.1, -0.05) is 0 Å². The van der Waals surface area contributed by atoms with Crippen molar-refractivity contribution in [3.63, 3.8) is 0 Å². The fraction of sp³-hybridized carbons (Fsp3) is 0.286. The third kappa shape index (κ3) is 3.20. The second kappa shape index (κ2) is 7.47. The van der Waals surface area contributed by atoms with Gasteiger partial charge in [0.05, 0.1) is 36.3 Å². The predicted octanol–water partition coefficient (Wildman–Crippen LogP) is 3.41. The van der Waals surface area contributed by atoms with E-state index in [0.29, 0.717) is 41.4 Å². The van der Waals surface area contributed by atoms with Crippen LogP contribution in [-0.4, -0.2) is 39.2 Å². The molecule has 30 heavy (non-hydrogen) atoms. The number of halogens is 3. The number of methoxy groups -OCH3 is 1. The van der Waals surface area contributed by atoms with Crippen LogP contribution in [0.4, 0.5) is 13.2 Å². The van der Waals surface area contributed by atoms with Gasteiger partial charge in [0.25, 0.3) is 5.91 Å². The molecule has 1 aliphatic rings. The summed E-state index contributed by atoms with van der Waals surface area (Å²) in [7, 11) is 3.13. The third-order valence-electron chi connectivity index (χ3n) is 5.26. The average Bonchev–Trinajstić information content (AvgIpc) is 3.05. The van der Waals surface area contributed by atoms with Crippen molar-refractivity contribution >= 4 is 5.91 Å². The third-order valence-corrected chi connectivity index (χ3v) is 5.26. The molecule has 0 spiro atoms. The first kappa shape index (κ1) is 19.9. The second-order valence-corrected chi connectivity index (χ2v) is 7.11. The maximum atomic E-state index is 13.7. The number of aryl methyl sites for hydroxylation is 2. The van der Waals surface area contributed by atoms with Gasteiger partial charge >= 0.3 is 0 Å². The molecule has 0 saturated heterocycles. The quantitative estimate of drug-likeness (QED) is 0.614. The van der Waals surface area contributed by atoms with Crippen molar-refractivity contribution in [3.8, 4) is 17.0 Å². The van der Waals surface area contributed by atoms with Crippen LogP contribution in [0, 0.1) is 24.4 Å². The van der Waals surface area contributed by atoms with E-state index in [2.05, 4.69) is 10.1 Å². The molecule has 2 aromatic heterocycles. The first-order valence-corrected chi connectivity index (χ1v) is 9.30. The minimum Gasteiger partial charge on any atom is -0.494 e. The zero-order valence-corrected chi connectivity index (χ0v) is 16.7. The Kier molecular flexibility index (Phi) is 4.97. The van der Waals surface area contributed by atoms with E-state index in [9.17, 15) is 18.0 Å². The molecule has 0 unspecified atom stereocenters. The maximum Gasteiger partial charge on any atom is 0.258 e. The van der Waals surface area contributed by atoms with Gasteiger partial charge in [-0.25, -0.2) is 13.2 Å². The van der Waals surface area contributed by atoms with Crippen LogP contribution in [0.1, 0.15) is 27.3 Å². The van der Waals surface area contributed by atoms with Crippen molar-refractivity contribution in [1.29, 1.82) is 0 Å². The first-order valence-electron chi connectivity index (χ1n) is 9.30. The summed E-state index contributed by atoms with van der Waals surface area (Å²) < 4.78 is 47.7. The minimum atomic E-state index is -1.51. The van der Waals surface area contributed by atoms with Crippen LogP contribution in [0.5, 0.6) is 5.75 Å². The van der Waals surface area contributed by atoms with Crippen LogP contribution in [0.3, 0.4) is 0 Å². The van der Waals surface area contributed by atoms with E-state index in [1.807, 2.05) is 0 Å². The number of carbonyl (C=O) groups excluding carboxylic acids is 1. The molecule has 0 saturated carbocycles. The predicted molar refractivity (Wildman–Crippen MR) is 102 cm³/mol. The second-order valence-electron chi connectivity index (χ2n) is 7.11. The normalized spacial score (nSPS) is 13.3. The van der Waals surface area contributed by atoms with Gasteiger partial charge in [-0.3, -0.25) is 14.5 Å². The van der Waals surface area contributed by atoms with Crippen molar-refractivity contribution in [1.82, 2.24) is 19.7 Å². The lowest BCUT2D eigenvalue weighted by molar-refractivity contribution is 0.0728. The average molecular weight is 416 g/mol. The number of rotatable bonds is 3. The van der Waals surface area contributed by atoms with Crippen LogP contribution in [0.25, 0.3) is 11.3 Å². The number of hydrogen-bond acceptors (Lipinski definition) is 4. The molecule has 0 fully saturated rings. The molecular weight excluding hydrogens is 397 g/mol. The topological polar surface area (TPSA) is 60.2 Å². The fourth-order valence-corrected chi connectivity index (χ4v) is 3.90. The Labute approximate surface area is 170 Å². The van der Waals surface area contributed by atoms with Gasteiger partial charge in [0.2, 0.25) is 0 Å². The lowest BCUT2D eigenvalue weighted by Gasteiger charge is -2.27. The Morgan fingerprint density at radius 3 is 2.57 bits per heavy atom. The highest BCUT2D eigenvalue weighted by Gasteiger charge is 2.29. The molecule has 0 aliphatic carbocycles. The highest BCUT2D eigenvalue weighted by Crippen LogP contribution is 2.33. The summed E-state index contributed by atoms with van der Waals surface area (Å²) in [4.78, 5) is 18.9. The van der Waals surface area contributed by atoms with E-state index < -0.39 is 17.5 Å². The summed E-state index contributed by atoms with van der Waals surface area (Å²) in [6.45, 7) is 2.38. The Hall–Kier alpha value is -3.36. The van der Waals surface area contributed by atoms with Gasteiger partial charge in [-0.05, 0) is 31.5 Å². The fourth-order valence-electron chi connectivity index (χ4n) is 3.90. The first-order chi connectivity index (χ1) is 14.3. The lowest BCUT2D eigenvalue weighted by atomic mass is 9.99. The number of ether oxygens (including phenoxy) is 1. The zero-order chi connectivity index (χ0) is 21.6. The van der Waals surface area contributed by atoms with E-state index in [0.717, 1.165) is 17.7 Å². The molecule has 3 aromatic rings. The monoisotopic (exact) mass is 416 g/mol. The highest BCUT2D eigenvalue weighted by atomic mass is 19.2. The van der Waals surface area contributed by atoms with E-state index in [4.69, 9.17) is 4.74 Å². The van der Waals surface area contributed by atoms with Gasteiger partial charge in [-0.15, -0.1) is 0 Å². The van der Waals surface area contributed by atoms with Gasteiger partial charge in [-0.2, -0.15) is 5.10 Å². The summed E-state index contributed by atoms with van der Waals surface area (Å²) in [5.74, 6) is -3.81. The Morgan fingerprint density at radius 2 is 1.90 bits per heavy atom. The summed E-state index contributed by atoms with van der Waals surface area (Å²) in [6, 6.07) is 3.52. The van der Waals surface area contributed by atoms with Crippen molar-refractivity contribution in [2.24, 2.45) is 7.05 Å². The summed E-state index contributed by atoms with van der Waals surface area (Å²) in [5, 5.41) is 4.44. The molecule has 3 heterocycles. The van der Waals surface area contributed by atoms with E-state index >= 15 is 0 Å². The maximum absolute atomic E-state index is 13.7. The van der Waals surface area contributed by atoms with Crippen molar-refractivity contribution in [3.05, 3.63) is 64.4 Å². The smallest absolute Gasteiger partial charge is 0.258 e. The number of amides is 1. The standard InChI is InChI=1S/C21H19F3N4O2/c1-11-20(30-3)14(4-6-25-11)21(29)28-7-5-13-17(10-28)26-27(2)19(13)12-8-15(22)18(24)16(23)9-12/h4,6,8-9H,5,7,10H2,1-3H3. The molecule has 4 rings (SSSR count). The van der Waals surface area contributed by atoms with Crippen molar-refractivity contribution < 1.29 is 22.7 Å². The van der Waals surface area contributed by atoms with Crippen LogP contribution in [-0.2, 0) is 20.0 Å². The van der Waals surface area contributed by atoms with Gasteiger partial charge in [0, 0.05) is 30.9 Å². The SMILES string of the molecule is COc1c(C(=O)N2CCc3c(nn(C)c3-c3cc(F)c(F)c(F)c3)C2)ccnc1C. The van der Waals surface area contributed by atoms with Gasteiger partial charge in [0.1, 0.15) is 0 Å². The van der Waals surface area contributed by atoms with Gasteiger partial charge < -0.3 is 9.64 Å². The Bertz CT molecular complexity index is 1140. The summed E-state index contributed by atoms with van der Waals surface area (Å²) in [6.07, 6.45) is 1.99. The number of aromatic nitrogens is 3. The largest absolute Gasteiger partial charge is 0.494 e. The molecule has 156 valence electrons. The molecule has 0 bridgehead atoms. The molecule has 0 N–H and O–H groups in total. The number of benzene rings is 1. The van der Waals surface area contributed by atoms with E-state index in [-0.39, 0.29) is 18.0 Å². The summed E-state index contributed by atoms with van der Waals surface area (Å²) >= 11 is 0. The van der Waals surface area contributed by atoms with E-state index in [1.165, 1.54) is 11.8 Å².